The first-order chi connectivity index (χ1) is 11.1. The minimum atomic E-state index is -0.772. The van der Waals surface area contributed by atoms with Gasteiger partial charge in [-0.1, -0.05) is 24.3 Å². The number of ether oxygens (including phenoxy) is 2. The van der Waals surface area contributed by atoms with E-state index in [9.17, 15) is 5.11 Å². The summed E-state index contributed by atoms with van der Waals surface area (Å²) in [6.45, 7) is 7.45. The van der Waals surface area contributed by atoms with Crippen LogP contribution in [0.2, 0.25) is 0 Å². The lowest BCUT2D eigenvalue weighted by Crippen LogP contribution is -2.14. The van der Waals surface area contributed by atoms with Crippen molar-refractivity contribution >= 4 is 11.6 Å². The minimum absolute atomic E-state index is 0.299. The fourth-order valence-electron chi connectivity index (χ4n) is 1.99. The summed E-state index contributed by atoms with van der Waals surface area (Å²) >= 11 is 6.11. The summed E-state index contributed by atoms with van der Waals surface area (Å²) < 4.78 is 10.0. The first-order valence-corrected chi connectivity index (χ1v) is 8.16. The van der Waals surface area contributed by atoms with Gasteiger partial charge in [-0.15, -0.1) is 11.6 Å². The first kappa shape index (κ1) is 20.3. The fourth-order valence-corrected chi connectivity index (χ4v) is 2.11. The van der Waals surface area contributed by atoms with Gasteiger partial charge < -0.3 is 14.6 Å². The Hall–Kier alpha value is -1.71. The van der Waals surface area contributed by atoms with E-state index in [-0.39, 0.29) is 4.87 Å². The smallest absolute Gasteiger partial charge is 0.118 e. The second-order valence-electron chi connectivity index (χ2n) is 6.49. The molecule has 0 aliphatic heterocycles. The number of hydrogen-bond donors (Lipinski definition) is 1. The van der Waals surface area contributed by atoms with Crippen molar-refractivity contribution in [1.29, 1.82) is 0 Å². The van der Waals surface area contributed by atoms with Crippen LogP contribution in [0.5, 0.6) is 11.5 Å². The molecule has 0 atom stereocenters. The van der Waals surface area contributed by atoms with Crippen LogP contribution in [0.1, 0.15) is 38.8 Å². The van der Waals surface area contributed by atoms with Gasteiger partial charge in [0.1, 0.15) is 11.5 Å². The van der Waals surface area contributed by atoms with Crippen LogP contribution >= 0.6 is 11.6 Å². The lowest BCUT2D eigenvalue weighted by molar-refractivity contribution is 0.0785. The predicted octanol–water partition coefficient (Wildman–Crippen LogP) is 5.09. The van der Waals surface area contributed by atoms with Crippen LogP contribution in [0.15, 0.2) is 48.5 Å². The van der Waals surface area contributed by atoms with Gasteiger partial charge in [0, 0.05) is 0 Å². The Morgan fingerprint density at radius 3 is 1.29 bits per heavy atom. The lowest BCUT2D eigenvalue weighted by atomic mass is 9.99. The Morgan fingerprint density at radius 1 is 0.708 bits per heavy atom. The molecule has 1 N–H and O–H groups in total. The van der Waals surface area contributed by atoms with E-state index < -0.39 is 5.60 Å². The molecule has 0 aliphatic rings. The predicted molar refractivity (Wildman–Crippen MR) is 100 cm³/mol. The molecule has 0 aromatic heterocycles. The van der Waals surface area contributed by atoms with Gasteiger partial charge in [0.25, 0.3) is 0 Å². The number of hydrogen-bond acceptors (Lipinski definition) is 3. The molecule has 24 heavy (non-hydrogen) atoms. The average Bonchev–Trinajstić information content (AvgIpc) is 2.54. The number of methoxy groups -OCH3 is 2. The molecule has 0 saturated heterocycles. The number of rotatable bonds is 4. The van der Waals surface area contributed by atoms with E-state index in [0.29, 0.717) is 0 Å². The highest BCUT2D eigenvalue weighted by atomic mass is 35.5. The molecule has 0 heterocycles. The molecule has 132 valence electrons. The maximum atomic E-state index is 9.61. The zero-order chi connectivity index (χ0) is 18.4. The third kappa shape index (κ3) is 6.42. The molecule has 0 amide bonds. The number of halogens is 1. The molecule has 0 radical (unpaired) electrons. The minimum Gasteiger partial charge on any atom is -0.497 e. The van der Waals surface area contributed by atoms with E-state index in [1.54, 1.807) is 28.1 Å². The van der Waals surface area contributed by atoms with Gasteiger partial charge in [-0.3, -0.25) is 0 Å². The molecular formula is C20H27ClO3. The quantitative estimate of drug-likeness (QED) is 0.780. The van der Waals surface area contributed by atoms with E-state index in [4.69, 9.17) is 21.1 Å². The first-order valence-electron chi connectivity index (χ1n) is 7.78. The SMILES string of the molecule is COc1ccc(C(C)(C)Cl)cc1.COc1ccc(C(C)(C)O)cc1. The molecule has 2 aromatic carbocycles. The molecule has 0 saturated carbocycles. The van der Waals surface area contributed by atoms with Gasteiger partial charge in [-0.05, 0) is 63.1 Å². The summed E-state index contributed by atoms with van der Waals surface area (Å²) in [6, 6.07) is 15.2. The summed E-state index contributed by atoms with van der Waals surface area (Å²) in [5.41, 5.74) is 1.22. The van der Waals surface area contributed by atoms with Crippen molar-refractivity contribution in [1.82, 2.24) is 0 Å². The Labute approximate surface area is 150 Å². The Kier molecular flexibility index (Phi) is 7.12. The van der Waals surface area contributed by atoms with Gasteiger partial charge in [0.05, 0.1) is 24.7 Å². The van der Waals surface area contributed by atoms with Crippen molar-refractivity contribution < 1.29 is 14.6 Å². The maximum Gasteiger partial charge on any atom is 0.118 e. The largest absolute Gasteiger partial charge is 0.497 e. The lowest BCUT2D eigenvalue weighted by Gasteiger charge is -2.17. The van der Waals surface area contributed by atoms with Gasteiger partial charge in [-0.25, -0.2) is 0 Å². The van der Waals surface area contributed by atoms with Crippen LogP contribution in [0.3, 0.4) is 0 Å². The zero-order valence-corrected chi connectivity index (χ0v) is 16.0. The molecule has 0 unspecified atom stereocenters. The monoisotopic (exact) mass is 350 g/mol. The van der Waals surface area contributed by atoms with Crippen molar-refractivity contribution in [3.8, 4) is 11.5 Å². The summed E-state index contributed by atoms with van der Waals surface area (Å²) in [4.78, 5) is -0.299. The summed E-state index contributed by atoms with van der Waals surface area (Å²) in [5.74, 6) is 1.67. The Morgan fingerprint density at radius 2 is 1.04 bits per heavy atom. The van der Waals surface area contributed by atoms with Gasteiger partial charge in [-0.2, -0.15) is 0 Å². The molecule has 0 bridgehead atoms. The van der Waals surface area contributed by atoms with Crippen LogP contribution in [0.25, 0.3) is 0 Å². The Bertz CT molecular complexity index is 548. The van der Waals surface area contributed by atoms with E-state index in [1.807, 2.05) is 62.4 Å². The Balaban J connectivity index is 0.000000240. The van der Waals surface area contributed by atoms with E-state index >= 15 is 0 Å². The van der Waals surface area contributed by atoms with Crippen molar-refractivity contribution in [2.24, 2.45) is 0 Å². The number of aliphatic hydroxyl groups is 1. The molecule has 0 fully saturated rings. The van der Waals surface area contributed by atoms with E-state index in [2.05, 4.69) is 0 Å². The highest BCUT2D eigenvalue weighted by Crippen LogP contribution is 2.28. The molecular weight excluding hydrogens is 324 g/mol. The van der Waals surface area contributed by atoms with E-state index in [0.717, 1.165) is 22.6 Å². The van der Waals surface area contributed by atoms with Gasteiger partial charge in [0.2, 0.25) is 0 Å². The zero-order valence-electron chi connectivity index (χ0n) is 15.3. The third-order valence-corrected chi connectivity index (χ3v) is 3.79. The van der Waals surface area contributed by atoms with E-state index in [1.165, 1.54) is 0 Å². The van der Waals surface area contributed by atoms with Crippen molar-refractivity contribution in [2.75, 3.05) is 14.2 Å². The second kappa shape index (κ2) is 8.41. The number of alkyl halides is 1. The van der Waals surface area contributed by atoms with Crippen molar-refractivity contribution in [3.63, 3.8) is 0 Å². The van der Waals surface area contributed by atoms with Gasteiger partial charge >= 0.3 is 0 Å². The van der Waals surface area contributed by atoms with Crippen LogP contribution in [-0.4, -0.2) is 19.3 Å². The van der Waals surface area contributed by atoms with Gasteiger partial charge in [0.15, 0.2) is 0 Å². The van der Waals surface area contributed by atoms with Crippen LogP contribution < -0.4 is 9.47 Å². The maximum absolute atomic E-state index is 9.61. The molecule has 4 heteroatoms. The van der Waals surface area contributed by atoms with Crippen molar-refractivity contribution in [2.45, 2.75) is 38.2 Å². The highest BCUT2D eigenvalue weighted by Gasteiger charge is 2.16. The molecule has 2 rings (SSSR count). The molecule has 0 aliphatic carbocycles. The fraction of sp³-hybridized carbons (Fsp3) is 0.400. The van der Waals surface area contributed by atoms with Crippen LogP contribution in [-0.2, 0) is 10.5 Å². The summed E-state index contributed by atoms with van der Waals surface area (Å²) in [5, 5.41) is 9.61. The normalized spacial score (nSPS) is 11.3. The summed E-state index contributed by atoms with van der Waals surface area (Å²) in [7, 11) is 3.28. The molecule has 3 nitrogen and oxygen atoms in total. The molecule has 2 aromatic rings. The number of benzene rings is 2. The van der Waals surface area contributed by atoms with Crippen molar-refractivity contribution in [3.05, 3.63) is 59.7 Å². The highest BCUT2D eigenvalue weighted by molar-refractivity contribution is 6.23. The standard InChI is InChI=1S/C10H13ClO.C10H14O2/c2*1-10(2,11)8-4-6-9(12-3)7-5-8/h4-7H,1-3H3;4-7,11H,1-3H3. The average molecular weight is 351 g/mol. The topological polar surface area (TPSA) is 38.7 Å². The molecule has 0 spiro atoms. The summed E-state index contributed by atoms with van der Waals surface area (Å²) in [6.07, 6.45) is 0. The van der Waals surface area contributed by atoms with Crippen LogP contribution in [0.4, 0.5) is 0 Å². The van der Waals surface area contributed by atoms with Crippen LogP contribution in [0, 0.1) is 0 Å². The third-order valence-electron chi connectivity index (χ3n) is 3.57. The second-order valence-corrected chi connectivity index (χ2v) is 7.43.